The van der Waals surface area contributed by atoms with E-state index in [1.165, 1.54) is 12.5 Å². The first-order valence-corrected chi connectivity index (χ1v) is 8.75. The van der Waals surface area contributed by atoms with Gasteiger partial charge in [0.25, 0.3) is 5.56 Å². The average Bonchev–Trinajstić information content (AvgIpc) is 3.23. The van der Waals surface area contributed by atoms with Gasteiger partial charge < -0.3 is 36.5 Å². The SMILES string of the molecule is Cc1nc(N)c(CN)c(C2(n3ncc4c(=O)[nH]cnc43)O[C@H](CO)[C@@H](O)[C@H]2O)n1. The van der Waals surface area contributed by atoms with Gasteiger partial charge in [0.05, 0.1) is 19.1 Å². The van der Waals surface area contributed by atoms with Crippen molar-refractivity contribution in [2.45, 2.75) is 37.5 Å². The largest absolute Gasteiger partial charge is 0.394 e. The first-order chi connectivity index (χ1) is 13.8. The molecule has 29 heavy (non-hydrogen) atoms. The van der Waals surface area contributed by atoms with E-state index in [1.807, 2.05) is 0 Å². The number of aryl methyl sites for hydroxylation is 1. The summed E-state index contributed by atoms with van der Waals surface area (Å²) in [6, 6.07) is 0. The number of nitrogen functional groups attached to an aromatic ring is 1. The van der Waals surface area contributed by atoms with Crippen molar-refractivity contribution in [1.82, 2.24) is 29.7 Å². The summed E-state index contributed by atoms with van der Waals surface area (Å²) in [5.41, 5.74) is 9.83. The third-order valence-corrected chi connectivity index (χ3v) is 5.00. The van der Waals surface area contributed by atoms with E-state index >= 15 is 0 Å². The minimum Gasteiger partial charge on any atom is -0.394 e. The second-order valence-electron chi connectivity index (χ2n) is 6.68. The molecule has 154 valence electrons. The molecule has 0 radical (unpaired) electrons. The van der Waals surface area contributed by atoms with Crippen molar-refractivity contribution in [3.8, 4) is 0 Å². The molecule has 3 aromatic heterocycles. The maximum atomic E-state index is 12.1. The molecule has 3 aromatic rings. The predicted molar refractivity (Wildman–Crippen MR) is 98.3 cm³/mol. The first-order valence-electron chi connectivity index (χ1n) is 8.75. The number of rotatable bonds is 4. The Kier molecular flexibility index (Phi) is 4.55. The molecular formula is C16H20N8O5. The highest BCUT2D eigenvalue weighted by Gasteiger charge is 2.60. The summed E-state index contributed by atoms with van der Waals surface area (Å²) in [6.07, 6.45) is -1.90. The number of nitrogens with one attached hydrogen (secondary N) is 1. The summed E-state index contributed by atoms with van der Waals surface area (Å²) in [7, 11) is 0. The summed E-state index contributed by atoms with van der Waals surface area (Å²) in [4.78, 5) is 27.2. The topological polar surface area (TPSA) is 211 Å². The van der Waals surface area contributed by atoms with E-state index in [0.717, 1.165) is 4.68 Å². The molecule has 0 aliphatic carbocycles. The zero-order valence-corrected chi connectivity index (χ0v) is 15.3. The number of hydrogen-bond acceptors (Lipinski definition) is 11. The minimum atomic E-state index is -1.97. The zero-order chi connectivity index (χ0) is 20.9. The molecule has 4 heterocycles. The zero-order valence-electron chi connectivity index (χ0n) is 15.3. The highest BCUT2D eigenvalue weighted by molar-refractivity contribution is 5.73. The lowest BCUT2D eigenvalue weighted by atomic mass is 9.95. The molecule has 0 bridgehead atoms. The van der Waals surface area contributed by atoms with Gasteiger partial charge in [-0.3, -0.25) is 4.79 Å². The Labute approximate surface area is 163 Å². The fourth-order valence-electron chi connectivity index (χ4n) is 3.64. The van der Waals surface area contributed by atoms with Crippen LogP contribution in [0.4, 0.5) is 5.82 Å². The number of hydrogen-bond donors (Lipinski definition) is 6. The van der Waals surface area contributed by atoms with Crippen LogP contribution >= 0.6 is 0 Å². The van der Waals surface area contributed by atoms with E-state index in [0.29, 0.717) is 0 Å². The van der Waals surface area contributed by atoms with Crippen molar-refractivity contribution in [3.63, 3.8) is 0 Å². The average molecular weight is 404 g/mol. The van der Waals surface area contributed by atoms with Crippen LogP contribution < -0.4 is 17.0 Å². The van der Waals surface area contributed by atoms with Gasteiger partial charge >= 0.3 is 0 Å². The van der Waals surface area contributed by atoms with Gasteiger partial charge in [0.15, 0.2) is 5.65 Å². The van der Waals surface area contributed by atoms with Crippen LogP contribution in [-0.2, 0) is 17.0 Å². The molecule has 1 saturated heterocycles. The van der Waals surface area contributed by atoms with Gasteiger partial charge in [-0.15, -0.1) is 0 Å². The van der Waals surface area contributed by atoms with Gasteiger partial charge in [-0.2, -0.15) is 5.10 Å². The lowest BCUT2D eigenvalue weighted by Crippen LogP contribution is -2.49. The number of aromatic nitrogens is 6. The van der Waals surface area contributed by atoms with Gasteiger partial charge in [0, 0.05) is 12.1 Å². The molecule has 13 nitrogen and oxygen atoms in total. The van der Waals surface area contributed by atoms with E-state index in [9.17, 15) is 20.1 Å². The van der Waals surface area contributed by atoms with Crippen LogP contribution in [-0.4, -0.2) is 70.0 Å². The Morgan fingerprint density at radius 3 is 2.79 bits per heavy atom. The Morgan fingerprint density at radius 1 is 1.38 bits per heavy atom. The lowest BCUT2D eigenvalue weighted by molar-refractivity contribution is -0.125. The second kappa shape index (κ2) is 6.82. The molecule has 4 atom stereocenters. The second-order valence-corrected chi connectivity index (χ2v) is 6.68. The Hall–Kier alpha value is -2.97. The fraction of sp³-hybridized carbons (Fsp3) is 0.438. The number of aliphatic hydroxyl groups excluding tert-OH is 3. The van der Waals surface area contributed by atoms with Crippen molar-refractivity contribution < 1.29 is 20.1 Å². The van der Waals surface area contributed by atoms with Crippen LogP contribution in [0.15, 0.2) is 17.3 Å². The van der Waals surface area contributed by atoms with Crippen LogP contribution in [0.1, 0.15) is 17.1 Å². The summed E-state index contributed by atoms with van der Waals surface area (Å²) in [5.74, 6) is 0.323. The van der Waals surface area contributed by atoms with Crippen molar-refractivity contribution in [2.24, 2.45) is 5.73 Å². The summed E-state index contributed by atoms with van der Waals surface area (Å²) >= 11 is 0. The molecule has 8 N–H and O–H groups in total. The minimum absolute atomic E-state index is 0.0552. The molecule has 1 unspecified atom stereocenters. The maximum Gasteiger partial charge on any atom is 0.261 e. The standard InChI is InChI=1S/C16H20N8O5/c1-6-22-11(7(2-17)13(18)23-6)16(12(27)10(26)9(4-25)29-16)24-14-8(3-21-24)15(28)20-5-19-14/h3,5,9-10,12,25-27H,2,4,17H2,1H3,(H2,18,22,23)(H,19,20,28)/t9-,10-,12-,16?/m1/s1. The molecule has 4 rings (SSSR count). The van der Waals surface area contributed by atoms with Gasteiger partial charge in [0.2, 0.25) is 5.72 Å². The number of nitrogens with zero attached hydrogens (tertiary/aromatic N) is 5. The number of ether oxygens (including phenoxy) is 1. The third-order valence-electron chi connectivity index (χ3n) is 5.00. The van der Waals surface area contributed by atoms with Gasteiger partial charge in [-0.1, -0.05) is 0 Å². The highest BCUT2D eigenvalue weighted by Crippen LogP contribution is 2.43. The molecule has 13 heteroatoms. The van der Waals surface area contributed by atoms with Crippen LogP contribution in [0.2, 0.25) is 0 Å². The maximum absolute atomic E-state index is 12.1. The van der Waals surface area contributed by atoms with E-state index in [1.54, 1.807) is 6.92 Å². The van der Waals surface area contributed by atoms with Gasteiger partial charge in [-0.25, -0.2) is 19.6 Å². The Morgan fingerprint density at radius 2 is 2.14 bits per heavy atom. The van der Waals surface area contributed by atoms with Crippen molar-refractivity contribution in [1.29, 1.82) is 0 Å². The predicted octanol–water partition coefficient (Wildman–Crippen LogP) is -2.93. The number of anilines is 1. The molecule has 0 saturated carbocycles. The molecular weight excluding hydrogens is 384 g/mol. The number of nitrogens with two attached hydrogens (primary N) is 2. The summed E-state index contributed by atoms with van der Waals surface area (Å²) < 4.78 is 7.09. The quantitative estimate of drug-likeness (QED) is 0.259. The van der Waals surface area contributed by atoms with E-state index in [2.05, 4.69) is 25.0 Å². The normalized spacial score (nSPS) is 27.0. The summed E-state index contributed by atoms with van der Waals surface area (Å²) in [5, 5.41) is 35.5. The number of fused-ring (bicyclic) bond motifs is 1. The van der Waals surface area contributed by atoms with Crippen LogP contribution in [0.5, 0.6) is 0 Å². The van der Waals surface area contributed by atoms with E-state index < -0.39 is 36.2 Å². The molecule has 1 fully saturated rings. The lowest BCUT2D eigenvalue weighted by Gasteiger charge is -2.33. The number of aliphatic hydroxyl groups is 3. The third kappa shape index (κ3) is 2.63. The van der Waals surface area contributed by atoms with Gasteiger partial charge in [-0.05, 0) is 6.92 Å². The Bertz CT molecular complexity index is 1130. The molecule has 0 spiro atoms. The fourth-order valence-corrected chi connectivity index (χ4v) is 3.64. The van der Waals surface area contributed by atoms with Gasteiger partial charge in [0.1, 0.15) is 41.0 Å². The molecule has 0 amide bonds. The van der Waals surface area contributed by atoms with Crippen LogP contribution in [0.25, 0.3) is 11.0 Å². The highest BCUT2D eigenvalue weighted by atomic mass is 16.6. The number of aromatic amines is 1. The van der Waals surface area contributed by atoms with Crippen LogP contribution in [0.3, 0.4) is 0 Å². The van der Waals surface area contributed by atoms with Crippen molar-refractivity contribution >= 4 is 16.9 Å². The monoisotopic (exact) mass is 404 g/mol. The van der Waals surface area contributed by atoms with E-state index in [4.69, 9.17) is 16.2 Å². The smallest absolute Gasteiger partial charge is 0.261 e. The van der Waals surface area contributed by atoms with Crippen molar-refractivity contribution in [2.75, 3.05) is 12.3 Å². The van der Waals surface area contributed by atoms with Crippen molar-refractivity contribution in [3.05, 3.63) is 40.0 Å². The Balaban J connectivity index is 2.11. The first kappa shape index (κ1) is 19.4. The molecule has 0 aromatic carbocycles. The van der Waals surface area contributed by atoms with Crippen LogP contribution in [0, 0.1) is 6.92 Å². The molecule has 1 aliphatic heterocycles. The summed E-state index contributed by atoms with van der Waals surface area (Å²) in [6.45, 7) is 0.885. The van der Waals surface area contributed by atoms with E-state index in [-0.39, 0.29) is 40.5 Å². The number of H-pyrrole nitrogens is 1. The molecule has 1 aliphatic rings.